The van der Waals surface area contributed by atoms with Crippen LogP contribution >= 0.6 is 0 Å². The van der Waals surface area contributed by atoms with Crippen LogP contribution in [0.4, 0.5) is 16.2 Å². The summed E-state index contributed by atoms with van der Waals surface area (Å²) in [6, 6.07) is 14.6. The molecule has 3 rings (SSSR count). The molecule has 2 aromatic carbocycles. The van der Waals surface area contributed by atoms with Gasteiger partial charge in [-0.25, -0.2) is 4.79 Å². The molecular weight excluding hydrogens is 318 g/mol. The van der Waals surface area contributed by atoms with Crippen LogP contribution in [0.15, 0.2) is 48.5 Å². The van der Waals surface area contributed by atoms with Crippen molar-refractivity contribution in [2.24, 2.45) is 5.92 Å². The van der Waals surface area contributed by atoms with Gasteiger partial charge in [0.15, 0.2) is 6.61 Å². The molecule has 0 spiro atoms. The van der Waals surface area contributed by atoms with Crippen LogP contribution in [-0.2, 0) is 4.79 Å². The molecule has 130 valence electrons. The van der Waals surface area contributed by atoms with Crippen LogP contribution in [0.5, 0.6) is 5.75 Å². The molecule has 6 nitrogen and oxygen atoms in total. The van der Waals surface area contributed by atoms with Crippen LogP contribution in [0.2, 0.25) is 0 Å². The second kappa shape index (κ2) is 7.25. The van der Waals surface area contributed by atoms with Crippen LogP contribution in [0.3, 0.4) is 0 Å². The normalized spacial score (nSPS) is 14.1. The lowest BCUT2D eigenvalue weighted by Crippen LogP contribution is -2.35. The third-order valence-electron chi connectivity index (χ3n) is 3.98. The Kier molecular flexibility index (Phi) is 4.88. The van der Waals surface area contributed by atoms with Crippen LogP contribution in [0.25, 0.3) is 0 Å². The van der Waals surface area contributed by atoms with Gasteiger partial charge in [-0.05, 0) is 23.6 Å². The number of ether oxygens (including phenoxy) is 1. The van der Waals surface area contributed by atoms with Crippen molar-refractivity contribution in [3.63, 3.8) is 0 Å². The van der Waals surface area contributed by atoms with Crippen LogP contribution in [0.1, 0.15) is 25.5 Å². The van der Waals surface area contributed by atoms with Gasteiger partial charge in [0.05, 0.1) is 11.7 Å². The van der Waals surface area contributed by atoms with Crippen molar-refractivity contribution in [1.29, 1.82) is 0 Å². The Morgan fingerprint density at radius 1 is 1.16 bits per heavy atom. The summed E-state index contributed by atoms with van der Waals surface area (Å²) in [5, 5.41) is 8.54. The molecule has 0 aromatic heterocycles. The Morgan fingerprint density at radius 2 is 1.92 bits per heavy atom. The number of benzene rings is 2. The Balaban J connectivity index is 1.68. The van der Waals surface area contributed by atoms with E-state index in [0.29, 0.717) is 17.1 Å². The van der Waals surface area contributed by atoms with Gasteiger partial charge >= 0.3 is 6.03 Å². The van der Waals surface area contributed by atoms with Crippen molar-refractivity contribution >= 4 is 23.3 Å². The number of fused-ring (bicyclic) bond motifs is 1. The molecule has 3 amide bonds. The molecule has 25 heavy (non-hydrogen) atoms. The number of nitrogens with one attached hydrogen (secondary N) is 3. The molecule has 1 aliphatic heterocycles. The zero-order valence-corrected chi connectivity index (χ0v) is 14.2. The summed E-state index contributed by atoms with van der Waals surface area (Å²) in [6.45, 7) is 4.10. The zero-order chi connectivity index (χ0) is 17.8. The number of rotatable bonds is 4. The molecule has 3 N–H and O–H groups in total. The SMILES string of the molecule is CC(C)C(NC(=O)Nc1ccc2c(c1)OCC(=O)N2)c1ccccc1. The number of amides is 3. The molecule has 0 radical (unpaired) electrons. The molecule has 1 aliphatic rings. The lowest BCUT2D eigenvalue weighted by Gasteiger charge is -2.23. The first-order valence-corrected chi connectivity index (χ1v) is 8.22. The summed E-state index contributed by atoms with van der Waals surface area (Å²) < 4.78 is 5.36. The average Bonchev–Trinajstić information content (AvgIpc) is 2.60. The quantitative estimate of drug-likeness (QED) is 0.797. The first-order valence-electron chi connectivity index (χ1n) is 8.22. The largest absolute Gasteiger partial charge is 0.482 e. The van der Waals surface area contributed by atoms with E-state index in [0.717, 1.165) is 5.56 Å². The Bertz CT molecular complexity index is 775. The number of carbonyl (C=O) groups is 2. The first kappa shape index (κ1) is 16.8. The summed E-state index contributed by atoms with van der Waals surface area (Å²) in [5.41, 5.74) is 2.26. The molecule has 0 saturated carbocycles. The first-order chi connectivity index (χ1) is 12.0. The maximum Gasteiger partial charge on any atom is 0.319 e. The van der Waals surface area contributed by atoms with E-state index in [1.54, 1.807) is 18.2 Å². The van der Waals surface area contributed by atoms with Gasteiger partial charge in [-0.3, -0.25) is 4.79 Å². The average molecular weight is 339 g/mol. The third-order valence-corrected chi connectivity index (χ3v) is 3.98. The Hall–Kier alpha value is -3.02. The second-order valence-corrected chi connectivity index (χ2v) is 6.28. The minimum Gasteiger partial charge on any atom is -0.482 e. The van der Waals surface area contributed by atoms with E-state index in [1.165, 1.54) is 0 Å². The molecule has 0 fully saturated rings. The van der Waals surface area contributed by atoms with E-state index in [4.69, 9.17) is 4.74 Å². The van der Waals surface area contributed by atoms with Gasteiger partial charge in [0.2, 0.25) is 0 Å². The molecule has 1 unspecified atom stereocenters. The van der Waals surface area contributed by atoms with Crippen molar-refractivity contribution in [3.05, 3.63) is 54.1 Å². The fourth-order valence-corrected chi connectivity index (χ4v) is 2.76. The number of urea groups is 1. The maximum absolute atomic E-state index is 12.4. The van der Waals surface area contributed by atoms with Gasteiger partial charge in [-0.1, -0.05) is 44.2 Å². The standard InChI is InChI=1S/C19H21N3O3/c1-12(2)18(13-6-4-3-5-7-13)22-19(24)20-14-8-9-15-16(10-14)25-11-17(23)21-15/h3-10,12,18H,11H2,1-2H3,(H,21,23)(H2,20,22,24). The molecule has 2 aromatic rings. The minimum absolute atomic E-state index is 0.0217. The van der Waals surface area contributed by atoms with E-state index in [-0.39, 0.29) is 30.5 Å². The van der Waals surface area contributed by atoms with E-state index in [2.05, 4.69) is 29.8 Å². The monoisotopic (exact) mass is 339 g/mol. The highest BCUT2D eigenvalue weighted by Crippen LogP contribution is 2.30. The predicted molar refractivity (Wildman–Crippen MR) is 96.7 cm³/mol. The van der Waals surface area contributed by atoms with Crippen molar-refractivity contribution in [1.82, 2.24) is 5.32 Å². The van der Waals surface area contributed by atoms with Crippen LogP contribution in [-0.4, -0.2) is 18.5 Å². The molecule has 6 heteroatoms. The summed E-state index contributed by atoms with van der Waals surface area (Å²) in [6.07, 6.45) is 0. The van der Waals surface area contributed by atoms with Gasteiger partial charge in [-0.15, -0.1) is 0 Å². The lowest BCUT2D eigenvalue weighted by molar-refractivity contribution is -0.118. The summed E-state index contributed by atoms with van der Waals surface area (Å²) in [4.78, 5) is 23.7. The summed E-state index contributed by atoms with van der Waals surface area (Å²) in [7, 11) is 0. The maximum atomic E-state index is 12.4. The van der Waals surface area contributed by atoms with Crippen LogP contribution in [0, 0.1) is 5.92 Å². The van der Waals surface area contributed by atoms with E-state index in [1.807, 2.05) is 30.3 Å². The molecule has 1 atom stereocenters. The highest BCUT2D eigenvalue weighted by molar-refractivity contribution is 5.96. The zero-order valence-electron chi connectivity index (χ0n) is 14.2. The number of hydrogen-bond donors (Lipinski definition) is 3. The highest BCUT2D eigenvalue weighted by atomic mass is 16.5. The Morgan fingerprint density at radius 3 is 2.64 bits per heavy atom. The van der Waals surface area contributed by atoms with E-state index in [9.17, 15) is 9.59 Å². The van der Waals surface area contributed by atoms with Crippen molar-refractivity contribution in [3.8, 4) is 5.75 Å². The van der Waals surface area contributed by atoms with Crippen molar-refractivity contribution < 1.29 is 14.3 Å². The van der Waals surface area contributed by atoms with Gasteiger partial charge in [0, 0.05) is 11.8 Å². The Labute approximate surface area is 146 Å². The second-order valence-electron chi connectivity index (χ2n) is 6.28. The fraction of sp³-hybridized carbons (Fsp3) is 0.263. The fourth-order valence-electron chi connectivity index (χ4n) is 2.76. The van der Waals surface area contributed by atoms with Gasteiger partial charge in [0.25, 0.3) is 5.91 Å². The minimum atomic E-state index is -0.289. The topological polar surface area (TPSA) is 79.5 Å². The molecular formula is C19H21N3O3. The number of carbonyl (C=O) groups excluding carboxylic acids is 2. The number of anilines is 2. The van der Waals surface area contributed by atoms with E-state index < -0.39 is 0 Å². The molecule has 0 saturated heterocycles. The molecule has 0 aliphatic carbocycles. The summed E-state index contributed by atoms with van der Waals surface area (Å²) >= 11 is 0. The molecule has 1 heterocycles. The lowest BCUT2D eigenvalue weighted by atomic mass is 9.96. The van der Waals surface area contributed by atoms with Crippen molar-refractivity contribution in [2.75, 3.05) is 17.2 Å². The van der Waals surface area contributed by atoms with Crippen molar-refractivity contribution in [2.45, 2.75) is 19.9 Å². The number of hydrogen-bond acceptors (Lipinski definition) is 3. The van der Waals surface area contributed by atoms with Gasteiger partial charge in [0.1, 0.15) is 5.75 Å². The van der Waals surface area contributed by atoms with E-state index >= 15 is 0 Å². The smallest absolute Gasteiger partial charge is 0.319 e. The summed E-state index contributed by atoms with van der Waals surface area (Å²) in [5.74, 6) is 0.602. The van der Waals surface area contributed by atoms with Crippen LogP contribution < -0.4 is 20.7 Å². The third kappa shape index (κ3) is 4.09. The highest BCUT2D eigenvalue weighted by Gasteiger charge is 2.19. The molecule has 0 bridgehead atoms. The van der Waals surface area contributed by atoms with Gasteiger partial charge < -0.3 is 20.7 Å². The van der Waals surface area contributed by atoms with Gasteiger partial charge in [-0.2, -0.15) is 0 Å². The predicted octanol–water partition coefficient (Wildman–Crippen LogP) is 3.54.